The summed E-state index contributed by atoms with van der Waals surface area (Å²) in [7, 11) is 0. The number of aromatic amines is 1. The first kappa shape index (κ1) is 13.5. The van der Waals surface area contributed by atoms with Gasteiger partial charge in [-0.3, -0.25) is 0 Å². The Kier molecular flexibility index (Phi) is 3.24. The Morgan fingerprint density at radius 2 is 1.77 bits per heavy atom. The third-order valence-corrected chi connectivity index (χ3v) is 3.79. The van der Waals surface area contributed by atoms with Crippen LogP contribution in [0.2, 0.25) is 10.0 Å². The molecule has 1 aromatic heterocycles. The number of imidazole rings is 1. The van der Waals surface area contributed by atoms with E-state index in [4.69, 9.17) is 32.7 Å². The van der Waals surface area contributed by atoms with Gasteiger partial charge < -0.3 is 19.8 Å². The fourth-order valence-electron chi connectivity index (χ4n) is 2.38. The minimum absolute atomic E-state index is 0.253. The third-order valence-electron chi connectivity index (χ3n) is 3.36. The van der Waals surface area contributed by atoms with Crippen molar-refractivity contribution in [1.82, 2.24) is 9.97 Å². The maximum Gasteiger partial charge on any atom is 0.231 e. The Morgan fingerprint density at radius 1 is 1.05 bits per heavy atom. The van der Waals surface area contributed by atoms with Gasteiger partial charge in [-0.1, -0.05) is 23.2 Å². The molecule has 0 fully saturated rings. The molecule has 0 radical (unpaired) electrons. The summed E-state index contributed by atoms with van der Waals surface area (Å²) in [6.45, 7) is 0.815. The molecular formula is C15H11Cl2N3O2. The lowest BCUT2D eigenvalue weighted by Crippen LogP contribution is -2.00. The van der Waals surface area contributed by atoms with Crippen molar-refractivity contribution >= 4 is 40.2 Å². The molecule has 1 aliphatic heterocycles. The maximum absolute atomic E-state index is 5.99. The van der Waals surface area contributed by atoms with Gasteiger partial charge in [0.2, 0.25) is 12.7 Å². The number of nitrogens with one attached hydrogen (secondary N) is 2. The highest BCUT2D eigenvalue weighted by molar-refractivity contribution is 6.34. The van der Waals surface area contributed by atoms with Gasteiger partial charge in [-0.15, -0.1) is 0 Å². The van der Waals surface area contributed by atoms with Crippen LogP contribution in [0.1, 0.15) is 5.56 Å². The smallest absolute Gasteiger partial charge is 0.231 e. The van der Waals surface area contributed by atoms with E-state index in [1.807, 2.05) is 24.3 Å². The van der Waals surface area contributed by atoms with Crippen molar-refractivity contribution in [3.05, 3.63) is 45.9 Å². The van der Waals surface area contributed by atoms with Crippen LogP contribution in [0.25, 0.3) is 11.0 Å². The summed E-state index contributed by atoms with van der Waals surface area (Å²) in [5.41, 5.74) is 2.68. The van der Waals surface area contributed by atoms with Gasteiger partial charge in [0.1, 0.15) is 0 Å². The van der Waals surface area contributed by atoms with E-state index >= 15 is 0 Å². The van der Waals surface area contributed by atoms with Crippen molar-refractivity contribution in [2.45, 2.75) is 6.54 Å². The summed E-state index contributed by atoms with van der Waals surface area (Å²) in [6, 6.07) is 9.16. The number of ether oxygens (including phenoxy) is 2. The molecule has 1 aliphatic rings. The molecule has 0 atom stereocenters. The molecule has 2 aromatic carbocycles. The van der Waals surface area contributed by atoms with Crippen LogP contribution in [0.15, 0.2) is 30.3 Å². The number of aromatic nitrogens is 2. The quantitative estimate of drug-likeness (QED) is 0.752. The largest absolute Gasteiger partial charge is 0.454 e. The Balaban J connectivity index is 1.57. The highest BCUT2D eigenvalue weighted by Gasteiger charge is 2.16. The molecule has 0 bridgehead atoms. The summed E-state index contributed by atoms with van der Waals surface area (Å²) in [5, 5.41) is 4.44. The lowest BCUT2D eigenvalue weighted by molar-refractivity contribution is 0.174. The molecule has 112 valence electrons. The van der Waals surface area contributed by atoms with E-state index in [1.54, 1.807) is 6.07 Å². The molecule has 5 nitrogen and oxygen atoms in total. The second-order valence-electron chi connectivity index (χ2n) is 4.94. The molecule has 0 saturated heterocycles. The van der Waals surface area contributed by atoms with E-state index in [2.05, 4.69) is 15.3 Å². The van der Waals surface area contributed by atoms with Crippen LogP contribution in [-0.2, 0) is 6.54 Å². The van der Waals surface area contributed by atoms with Crippen LogP contribution < -0.4 is 14.8 Å². The van der Waals surface area contributed by atoms with Crippen LogP contribution >= 0.6 is 23.2 Å². The molecule has 0 spiro atoms. The lowest BCUT2D eigenvalue weighted by Gasteiger charge is -2.04. The van der Waals surface area contributed by atoms with Gasteiger partial charge in [-0.25, -0.2) is 4.98 Å². The average Bonchev–Trinajstić information content (AvgIpc) is 3.06. The molecule has 0 aliphatic carbocycles. The van der Waals surface area contributed by atoms with Crippen LogP contribution in [0, 0.1) is 0 Å². The summed E-state index contributed by atoms with van der Waals surface area (Å²) in [5.74, 6) is 2.10. The summed E-state index contributed by atoms with van der Waals surface area (Å²) < 4.78 is 10.7. The molecule has 0 saturated carbocycles. The predicted octanol–water partition coefficient (Wildman–Crippen LogP) is 4.21. The Morgan fingerprint density at radius 3 is 2.55 bits per heavy atom. The molecular weight excluding hydrogens is 325 g/mol. The Bertz CT molecular complexity index is 802. The second-order valence-corrected chi connectivity index (χ2v) is 5.81. The number of H-pyrrole nitrogens is 1. The van der Waals surface area contributed by atoms with Gasteiger partial charge in [0.15, 0.2) is 11.5 Å². The van der Waals surface area contributed by atoms with Gasteiger partial charge in [-0.05, 0) is 23.8 Å². The van der Waals surface area contributed by atoms with Crippen molar-refractivity contribution in [3.8, 4) is 11.5 Å². The van der Waals surface area contributed by atoms with E-state index in [9.17, 15) is 0 Å². The second kappa shape index (κ2) is 5.26. The first-order valence-electron chi connectivity index (χ1n) is 6.65. The zero-order valence-electron chi connectivity index (χ0n) is 11.3. The van der Waals surface area contributed by atoms with E-state index in [1.165, 1.54) is 0 Å². The molecule has 22 heavy (non-hydrogen) atoms. The highest BCUT2D eigenvalue weighted by atomic mass is 35.5. The zero-order valence-corrected chi connectivity index (χ0v) is 12.8. The van der Waals surface area contributed by atoms with Crippen molar-refractivity contribution in [2.24, 2.45) is 0 Å². The molecule has 2 N–H and O–H groups in total. The standard InChI is InChI=1S/C15H11Cl2N3O2/c16-9-1-8(2-10(17)3-9)6-18-15-19-11-4-13-14(22-7-21-13)5-12(11)20-15/h1-5H,6-7H2,(H2,18,19,20). The highest BCUT2D eigenvalue weighted by Crippen LogP contribution is 2.35. The minimum Gasteiger partial charge on any atom is -0.454 e. The van der Waals surface area contributed by atoms with Gasteiger partial charge >= 0.3 is 0 Å². The van der Waals surface area contributed by atoms with Crippen molar-refractivity contribution in [3.63, 3.8) is 0 Å². The number of halogens is 2. The Hall–Kier alpha value is -2.11. The molecule has 0 unspecified atom stereocenters. The first-order chi connectivity index (χ1) is 10.7. The van der Waals surface area contributed by atoms with E-state index in [-0.39, 0.29) is 6.79 Å². The number of hydrogen-bond donors (Lipinski definition) is 2. The summed E-state index contributed by atoms with van der Waals surface area (Å²) >= 11 is 12.0. The lowest BCUT2D eigenvalue weighted by atomic mass is 10.2. The van der Waals surface area contributed by atoms with E-state index in [0.717, 1.165) is 22.3 Å². The van der Waals surface area contributed by atoms with Crippen molar-refractivity contribution in [2.75, 3.05) is 12.1 Å². The predicted molar refractivity (Wildman–Crippen MR) is 86.0 cm³/mol. The molecule has 3 aromatic rings. The number of fused-ring (bicyclic) bond motifs is 2. The zero-order chi connectivity index (χ0) is 15.1. The SMILES string of the molecule is Clc1cc(Cl)cc(CNc2nc3cc4c(cc3[nH]2)OCO4)c1. The topological polar surface area (TPSA) is 59.2 Å². The fraction of sp³-hybridized carbons (Fsp3) is 0.133. The van der Waals surface area contributed by atoms with Crippen LogP contribution in [0.3, 0.4) is 0 Å². The van der Waals surface area contributed by atoms with Crippen LogP contribution in [0.4, 0.5) is 5.95 Å². The summed E-state index contributed by atoms with van der Waals surface area (Å²) in [4.78, 5) is 7.68. The van der Waals surface area contributed by atoms with Crippen LogP contribution in [0.5, 0.6) is 11.5 Å². The van der Waals surface area contributed by atoms with E-state index < -0.39 is 0 Å². The number of benzene rings is 2. The maximum atomic E-state index is 5.99. The number of rotatable bonds is 3. The van der Waals surface area contributed by atoms with Crippen molar-refractivity contribution in [1.29, 1.82) is 0 Å². The van der Waals surface area contributed by atoms with Gasteiger partial charge in [0, 0.05) is 28.7 Å². The van der Waals surface area contributed by atoms with Gasteiger partial charge in [0.25, 0.3) is 0 Å². The molecule has 7 heteroatoms. The van der Waals surface area contributed by atoms with Gasteiger partial charge in [-0.2, -0.15) is 0 Å². The van der Waals surface area contributed by atoms with E-state index in [0.29, 0.717) is 28.3 Å². The number of anilines is 1. The normalized spacial score (nSPS) is 12.8. The number of nitrogens with zero attached hydrogens (tertiary/aromatic N) is 1. The fourth-order valence-corrected chi connectivity index (χ4v) is 2.95. The molecule has 2 heterocycles. The third kappa shape index (κ3) is 2.53. The first-order valence-corrected chi connectivity index (χ1v) is 7.41. The molecule has 0 amide bonds. The number of hydrogen-bond acceptors (Lipinski definition) is 4. The Labute approximate surface area is 136 Å². The van der Waals surface area contributed by atoms with Crippen molar-refractivity contribution < 1.29 is 9.47 Å². The monoisotopic (exact) mass is 335 g/mol. The van der Waals surface area contributed by atoms with Crippen LogP contribution in [-0.4, -0.2) is 16.8 Å². The summed E-state index contributed by atoms with van der Waals surface area (Å²) in [6.07, 6.45) is 0. The minimum atomic E-state index is 0.253. The average molecular weight is 336 g/mol. The van der Waals surface area contributed by atoms with Gasteiger partial charge in [0.05, 0.1) is 11.0 Å². The molecule has 4 rings (SSSR count).